The average molecular weight is 380 g/mol. The molecule has 1 fully saturated rings. The number of nitrogens with one attached hydrogen (secondary N) is 1. The van der Waals surface area contributed by atoms with Gasteiger partial charge in [-0.2, -0.15) is 0 Å². The average Bonchev–Trinajstić information content (AvgIpc) is 3.03. The van der Waals surface area contributed by atoms with Crippen LogP contribution in [0.4, 0.5) is 0 Å². The van der Waals surface area contributed by atoms with E-state index in [1.165, 1.54) is 6.26 Å². The van der Waals surface area contributed by atoms with Crippen molar-refractivity contribution in [2.75, 3.05) is 19.7 Å². The monoisotopic (exact) mass is 380 g/mol. The maximum Gasteiger partial charge on any atom is 0.257 e. The van der Waals surface area contributed by atoms with Crippen molar-refractivity contribution < 1.29 is 14.3 Å². The summed E-state index contributed by atoms with van der Waals surface area (Å²) in [4.78, 5) is 29.7. The molecular formula is C22H24N2O4. The first-order valence-electron chi connectivity index (χ1n) is 9.43. The van der Waals surface area contributed by atoms with E-state index in [0.29, 0.717) is 35.2 Å². The van der Waals surface area contributed by atoms with Gasteiger partial charge in [-0.15, -0.1) is 0 Å². The number of H-pyrrole nitrogens is 1. The lowest BCUT2D eigenvalue weighted by atomic mass is 9.84. The Labute approximate surface area is 162 Å². The van der Waals surface area contributed by atoms with Gasteiger partial charge in [-0.25, -0.2) is 0 Å². The number of hydrogen-bond donors (Lipinski definition) is 2. The molecule has 4 rings (SSSR count). The highest BCUT2D eigenvalue weighted by atomic mass is 16.3. The quantitative estimate of drug-likeness (QED) is 0.731. The Hall–Kier alpha value is -2.86. The minimum atomic E-state index is -0.229. The molecule has 0 bridgehead atoms. The number of carbonyl (C=O) groups is 1. The summed E-state index contributed by atoms with van der Waals surface area (Å²) in [6.45, 7) is 7.41. The van der Waals surface area contributed by atoms with E-state index in [1.807, 2.05) is 12.1 Å². The molecule has 2 aromatic heterocycles. The number of aliphatic hydroxyl groups excluding tert-OH is 1. The summed E-state index contributed by atoms with van der Waals surface area (Å²) < 4.78 is 5.84. The lowest BCUT2D eigenvalue weighted by molar-refractivity contribution is 0.0363. The molecule has 1 aliphatic rings. The first-order chi connectivity index (χ1) is 13.3. The van der Waals surface area contributed by atoms with Gasteiger partial charge in [0.25, 0.3) is 11.5 Å². The second-order valence-electron chi connectivity index (χ2n) is 8.47. The maximum atomic E-state index is 13.0. The number of aliphatic hydroxyl groups is 1. The van der Waals surface area contributed by atoms with Crippen LogP contribution >= 0.6 is 0 Å². The molecule has 1 saturated heterocycles. The fraction of sp³-hybridized carbons (Fsp3) is 0.364. The fourth-order valence-electron chi connectivity index (χ4n) is 3.69. The van der Waals surface area contributed by atoms with Crippen LogP contribution in [0.2, 0.25) is 0 Å². The summed E-state index contributed by atoms with van der Waals surface area (Å²) >= 11 is 0. The summed E-state index contributed by atoms with van der Waals surface area (Å²) in [7, 11) is 0. The summed E-state index contributed by atoms with van der Waals surface area (Å²) in [6.07, 6.45) is 3.11. The molecule has 0 radical (unpaired) electrons. The molecular weight excluding hydrogens is 356 g/mol. The molecule has 0 spiro atoms. The lowest BCUT2D eigenvalue weighted by Gasteiger charge is -2.38. The summed E-state index contributed by atoms with van der Waals surface area (Å²) in [5.41, 5.74) is 3.01. The highest BCUT2D eigenvalue weighted by Crippen LogP contribution is 2.37. The standard InChI is InChI=1S/C22H24N2O4/c1-22(2,3)18-8-14(15-5-4-6-23-20(15)26)7-16-17(12-28-19(16)18)21(27)24-9-13(10-24)11-25/h4-8,12-13,25H,9-11H2,1-3H3,(H,23,26). The number of furan rings is 1. The predicted molar refractivity (Wildman–Crippen MR) is 107 cm³/mol. The van der Waals surface area contributed by atoms with Crippen LogP contribution in [0, 0.1) is 5.92 Å². The molecule has 0 saturated carbocycles. The summed E-state index contributed by atoms with van der Waals surface area (Å²) in [6, 6.07) is 7.38. The minimum Gasteiger partial charge on any atom is -0.463 e. The normalized spacial score (nSPS) is 15.1. The Morgan fingerprint density at radius 3 is 2.71 bits per heavy atom. The molecule has 3 heterocycles. The van der Waals surface area contributed by atoms with Crippen LogP contribution < -0.4 is 5.56 Å². The molecule has 0 unspecified atom stereocenters. The zero-order valence-corrected chi connectivity index (χ0v) is 16.3. The number of nitrogens with zero attached hydrogens (tertiary/aromatic N) is 1. The second-order valence-corrected chi connectivity index (χ2v) is 8.47. The van der Waals surface area contributed by atoms with Crippen LogP contribution in [0.25, 0.3) is 22.1 Å². The minimum absolute atomic E-state index is 0.0883. The van der Waals surface area contributed by atoms with Crippen LogP contribution in [-0.4, -0.2) is 40.6 Å². The molecule has 28 heavy (non-hydrogen) atoms. The number of aromatic nitrogens is 1. The third kappa shape index (κ3) is 3.03. The van der Waals surface area contributed by atoms with E-state index in [1.54, 1.807) is 23.2 Å². The van der Waals surface area contributed by atoms with Gasteiger partial charge < -0.3 is 19.4 Å². The van der Waals surface area contributed by atoms with Crippen molar-refractivity contribution in [3.8, 4) is 11.1 Å². The molecule has 0 atom stereocenters. The molecule has 6 heteroatoms. The van der Waals surface area contributed by atoms with Crippen LogP contribution in [0.1, 0.15) is 36.7 Å². The number of aromatic amines is 1. The molecule has 146 valence electrons. The Bertz CT molecular complexity index is 1100. The van der Waals surface area contributed by atoms with Crippen molar-refractivity contribution in [3.63, 3.8) is 0 Å². The zero-order valence-electron chi connectivity index (χ0n) is 16.3. The van der Waals surface area contributed by atoms with E-state index in [9.17, 15) is 14.7 Å². The van der Waals surface area contributed by atoms with Gasteiger partial charge in [0.05, 0.1) is 5.56 Å². The van der Waals surface area contributed by atoms with E-state index in [4.69, 9.17) is 4.42 Å². The first kappa shape index (κ1) is 18.5. The van der Waals surface area contributed by atoms with Gasteiger partial charge >= 0.3 is 0 Å². The molecule has 3 aromatic rings. The Kier molecular flexibility index (Phi) is 4.38. The Morgan fingerprint density at radius 1 is 1.32 bits per heavy atom. The molecule has 1 aromatic carbocycles. The van der Waals surface area contributed by atoms with Crippen LogP contribution in [0.5, 0.6) is 0 Å². The summed E-state index contributed by atoms with van der Waals surface area (Å²) in [5.74, 6) is 0.0353. The van der Waals surface area contributed by atoms with Crippen molar-refractivity contribution in [3.05, 3.63) is 58.2 Å². The van der Waals surface area contributed by atoms with Gasteiger partial charge in [0.15, 0.2) is 0 Å². The molecule has 1 aliphatic heterocycles. The van der Waals surface area contributed by atoms with Gasteiger partial charge in [0.1, 0.15) is 11.8 Å². The highest BCUT2D eigenvalue weighted by Gasteiger charge is 2.33. The van der Waals surface area contributed by atoms with Crippen molar-refractivity contribution in [2.45, 2.75) is 26.2 Å². The van der Waals surface area contributed by atoms with Gasteiger partial charge in [-0.3, -0.25) is 9.59 Å². The van der Waals surface area contributed by atoms with Crippen molar-refractivity contribution in [2.24, 2.45) is 5.92 Å². The van der Waals surface area contributed by atoms with Gasteiger partial charge in [0, 0.05) is 48.3 Å². The third-order valence-electron chi connectivity index (χ3n) is 5.34. The largest absolute Gasteiger partial charge is 0.463 e. The molecule has 0 aliphatic carbocycles. The number of hydrogen-bond acceptors (Lipinski definition) is 4. The Balaban J connectivity index is 1.88. The number of likely N-dealkylation sites (tertiary alicyclic amines) is 1. The molecule has 6 nitrogen and oxygen atoms in total. The second kappa shape index (κ2) is 6.63. The lowest BCUT2D eigenvalue weighted by Crippen LogP contribution is -2.51. The Morgan fingerprint density at radius 2 is 2.07 bits per heavy atom. The van der Waals surface area contributed by atoms with Crippen LogP contribution in [0.15, 0.2) is 45.9 Å². The number of fused-ring (bicyclic) bond motifs is 1. The van der Waals surface area contributed by atoms with Crippen LogP contribution in [0.3, 0.4) is 0 Å². The van der Waals surface area contributed by atoms with E-state index >= 15 is 0 Å². The third-order valence-corrected chi connectivity index (χ3v) is 5.34. The topological polar surface area (TPSA) is 86.5 Å². The van der Waals surface area contributed by atoms with E-state index in [2.05, 4.69) is 25.8 Å². The van der Waals surface area contributed by atoms with Gasteiger partial charge in [-0.05, 0) is 35.2 Å². The van der Waals surface area contributed by atoms with Crippen molar-refractivity contribution in [1.82, 2.24) is 9.88 Å². The number of amides is 1. The first-order valence-corrected chi connectivity index (χ1v) is 9.43. The van der Waals surface area contributed by atoms with Gasteiger partial charge in [0.2, 0.25) is 0 Å². The van der Waals surface area contributed by atoms with Crippen molar-refractivity contribution >= 4 is 16.9 Å². The number of rotatable bonds is 3. The van der Waals surface area contributed by atoms with Gasteiger partial charge in [-0.1, -0.05) is 20.8 Å². The maximum absolute atomic E-state index is 13.0. The predicted octanol–water partition coefficient (Wildman–Crippen LogP) is 3.15. The number of pyridine rings is 1. The van der Waals surface area contributed by atoms with E-state index in [0.717, 1.165) is 11.1 Å². The van der Waals surface area contributed by atoms with E-state index in [-0.39, 0.29) is 29.4 Å². The number of carbonyl (C=O) groups excluding carboxylic acids is 1. The highest BCUT2D eigenvalue weighted by molar-refractivity contribution is 6.08. The van der Waals surface area contributed by atoms with Crippen molar-refractivity contribution in [1.29, 1.82) is 0 Å². The number of benzene rings is 1. The SMILES string of the molecule is CC(C)(C)c1cc(-c2ccc[nH]c2=O)cc2c(C(=O)N3CC(CO)C3)coc12. The van der Waals surface area contributed by atoms with E-state index < -0.39 is 0 Å². The zero-order chi connectivity index (χ0) is 20.1. The van der Waals surface area contributed by atoms with Crippen LogP contribution in [-0.2, 0) is 5.41 Å². The molecule has 1 amide bonds. The fourth-order valence-corrected chi connectivity index (χ4v) is 3.69. The molecule has 2 N–H and O–H groups in total. The smallest absolute Gasteiger partial charge is 0.257 e. The summed E-state index contributed by atoms with van der Waals surface area (Å²) in [5, 5.41) is 9.92.